The summed E-state index contributed by atoms with van der Waals surface area (Å²) in [6, 6.07) is 11.0. The molecule has 0 spiro atoms. The second-order valence-corrected chi connectivity index (χ2v) is 6.36. The molecule has 0 saturated carbocycles. The lowest BCUT2D eigenvalue weighted by molar-refractivity contribution is -0.115. The van der Waals surface area contributed by atoms with Crippen LogP contribution in [0.25, 0.3) is 0 Å². The average molecular weight is 338 g/mol. The van der Waals surface area contributed by atoms with E-state index in [-0.39, 0.29) is 17.7 Å². The minimum absolute atomic E-state index is 0.139. The van der Waals surface area contributed by atoms with E-state index in [2.05, 4.69) is 10.3 Å². The SMILES string of the molecule is O=C1CCC=CC1=CNC(/N=C/c1ccccc1O)c1cccs1. The summed E-state index contributed by atoms with van der Waals surface area (Å²) in [6.07, 6.45) is 8.26. The molecule has 1 aliphatic carbocycles. The molecule has 122 valence electrons. The average Bonchev–Trinajstić information content (AvgIpc) is 3.12. The molecule has 0 amide bonds. The van der Waals surface area contributed by atoms with Crippen LogP contribution in [-0.2, 0) is 4.79 Å². The fourth-order valence-electron chi connectivity index (χ4n) is 2.36. The van der Waals surface area contributed by atoms with Gasteiger partial charge in [0.15, 0.2) is 11.9 Å². The maximum absolute atomic E-state index is 11.9. The van der Waals surface area contributed by atoms with Crippen molar-refractivity contribution >= 4 is 23.3 Å². The highest BCUT2D eigenvalue weighted by atomic mass is 32.1. The van der Waals surface area contributed by atoms with Gasteiger partial charge in [0.1, 0.15) is 5.75 Å². The quantitative estimate of drug-likeness (QED) is 0.641. The Morgan fingerprint density at radius 3 is 2.88 bits per heavy atom. The van der Waals surface area contributed by atoms with Crippen LogP contribution >= 0.6 is 11.3 Å². The molecule has 0 fully saturated rings. The summed E-state index contributed by atoms with van der Waals surface area (Å²) in [6.45, 7) is 0. The number of aromatic hydroxyl groups is 1. The van der Waals surface area contributed by atoms with Crippen LogP contribution in [0.3, 0.4) is 0 Å². The smallest absolute Gasteiger partial charge is 0.164 e. The van der Waals surface area contributed by atoms with Crippen LogP contribution in [0.2, 0.25) is 0 Å². The summed E-state index contributed by atoms with van der Waals surface area (Å²) >= 11 is 1.59. The molecule has 24 heavy (non-hydrogen) atoms. The van der Waals surface area contributed by atoms with E-state index in [9.17, 15) is 9.90 Å². The zero-order valence-corrected chi connectivity index (χ0v) is 13.9. The predicted octanol–water partition coefficient (Wildman–Crippen LogP) is 3.96. The number of hydrogen-bond acceptors (Lipinski definition) is 5. The van der Waals surface area contributed by atoms with Crippen LogP contribution in [0.15, 0.2) is 70.7 Å². The molecular formula is C19H18N2O2S. The van der Waals surface area contributed by atoms with E-state index in [1.165, 1.54) is 0 Å². The van der Waals surface area contributed by atoms with Crippen LogP contribution in [0, 0.1) is 0 Å². The third-order valence-corrected chi connectivity index (χ3v) is 4.59. The molecule has 0 saturated heterocycles. The van der Waals surface area contributed by atoms with Gasteiger partial charge in [0.25, 0.3) is 0 Å². The maximum Gasteiger partial charge on any atom is 0.164 e. The molecule has 1 aromatic carbocycles. The number of phenols is 1. The number of Topliss-reactive ketones (excluding diaryl/α,β-unsaturated/α-hetero) is 1. The van der Waals surface area contributed by atoms with Crippen molar-refractivity contribution in [3.8, 4) is 5.75 Å². The molecule has 1 aromatic heterocycles. The Hall–Kier alpha value is -2.66. The van der Waals surface area contributed by atoms with Gasteiger partial charge in [-0.25, -0.2) is 0 Å². The number of ketones is 1. The number of aliphatic imine (C=N–C) groups is 1. The van der Waals surface area contributed by atoms with Crippen molar-refractivity contribution in [1.29, 1.82) is 0 Å². The Labute approximate surface area is 144 Å². The lowest BCUT2D eigenvalue weighted by Gasteiger charge is -2.13. The lowest BCUT2D eigenvalue weighted by atomic mass is 10.0. The van der Waals surface area contributed by atoms with E-state index in [1.54, 1.807) is 42.0 Å². The van der Waals surface area contributed by atoms with Crippen LogP contribution < -0.4 is 5.32 Å². The molecule has 5 heteroatoms. The predicted molar refractivity (Wildman–Crippen MR) is 97.4 cm³/mol. The zero-order valence-electron chi connectivity index (χ0n) is 13.1. The monoisotopic (exact) mass is 338 g/mol. The highest BCUT2D eigenvalue weighted by Gasteiger charge is 2.13. The minimum Gasteiger partial charge on any atom is -0.507 e. The van der Waals surface area contributed by atoms with Gasteiger partial charge in [-0.2, -0.15) is 0 Å². The fourth-order valence-corrected chi connectivity index (χ4v) is 3.09. The van der Waals surface area contributed by atoms with Crippen molar-refractivity contribution in [2.75, 3.05) is 0 Å². The zero-order chi connectivity index (χ0) is 16.8. The number of carbonyl (C=O) groups is 1. The standard InChI is InChI=1S/C19H18N2O2S/c22-16-8-3-1-6-14(16)12-20-19(18-10-5-11-24-18)21-13-15-7-2-4-9-17(15)23/h1-3,5-8,10-13,19,21-22H,4,9H2/b15-13?,20-12+. The van der Waals surface area contributed by atoms with Gasteiger partial charge in [0, 0.05) is 34.8 Å². The number of nitrogens with zero attached hydrogens (tertiary/aromatic N) is 1. The highest BCUT2D eigenvalue weighted by molar-refractivity contribution is 7.10. The number of benzene rings is 1. The summed E-state index contributed by atoms with van der Waals surface area (Å²) < 4.78 is 0. The van der Waals surface area contributed by atoms with Gasteiger partial charge in [0.05, 0.1) is 0 Å². The Bertz CT molecular complexity index is 791. The van der Waals surface area contributed by atoms with Crippen molar-refractivity contribution in [1.82, 2.24) is 5.32 Å². The molecule has 1 heterocycles. The van der Waals surface area contributed by atoms with E-state index >= 15 is 0 Å². The molecule has 1 unspecified atom stereocenters. The first-order valence-corrected chi connectivity index (χ1v) is 8.62. The molecule has 1 atom stereocenters. The normalized spacial score (nSPS) is 17.5. The van der Waals surface area contributed by atoms with Crippen molar-refractivity contribution < 1.29 is 9.90 Å². The molecule has 1 aliphatic rings. The number of phenolic OH excluding ortho intramolecular Hbond substituents is 1. The highest BCUT2D eigenvalue weighted by Crippen LogP contribution is 2.22. The summed E-state index contributed by atoms with van der Waals surface area (Å²) in [4.78, 5) is 17.5. The largest absolute Gasteiger partial charge is 0.507 e. The van der Waals surface area contributed by atoms with Gasteiger partial charge >= 0.3 is 0 Å². The van der Waals surface area contributed by atoms with Crippen molar-refractivity contribution in [2.24, 2.45) is 4.99 Å². The second-order valence-electron chi connectivity index (χ2n) is 5.39. The van der Waals surface area contributed by atoms with E-state index in [4.69, 9.17) is 0 Å². The molecular weight excluding hydrogens is 320 g/mol. The Morgan fingerprint density at radius 1 is 1.25 bits per heavy atom. The molecule has 0 bridgehead atoms. The first-order valence-electron chi connectivity index (χ1n) is 7.74. The number of allylic oxidation sites excluding steroid dienone is 3. The number of para-hydroxylation sites is 1. The van der Waals surface area contributed by atoms with Crippen molar-refractivity contribution in [3.63, 3.8) is 0 Å². The lowest BCUT2D eigenvalue weighted by Crippen LogP contribution is -2.16. The second kappa shape index (κ2) is 7.75. The minimum atomic E-state index is -0.305. The molecule has 2 aromatic rings. The fraction of sp³-hybridized carbons (Fsp3) is 0.158. The van der Waals surface area contributed by atoms with Gasteiger partial charge < -0.3 is 10.4 Å². The maximum atomic E-state index is 11.9. The summed E-state index contributed by atoms with van der Waals surface area (Å²) in [5, 5.41) is 15.0. The molecule has 0 radical (unpaired) electrons. The van der Waals surface area contributed by atoms with Gasteiger partial charge in [-0.1, -0.05) is 30.4 Å². The third-order valence-electron chi connectivity index (χ3n) is 3.67. The van der Waals surface area contributed by atoms with Crippen molar-refractivity contribution in [3.05, 3.63) is 76.1 Å². The first-order chi connectivity index (χ1) is 11.7. The van der Waals surface area contributed by atoms with Crippen LogP contribution in [0.5, 0.6) is 5.75 Å². The summed E-state index contributed by atoms with van der Waals surface area (Å²) in [7, 11) is 0. The number of nitrogens with one attached hydrogen (secondary N) is 1. The van der Waals surface area contributed by atoms with Crippen molar-refractivity contribution in [2.45, 2.75) is 19.0 Å². The summed E-state index contributed by atoms with van der Waals surface area (Å²) in [5.41, 5.74) is 1.32. The molecule has 2 N–H and O–H groups in total. The molecule has 3 rings (SSSR count). The Balaban J connectivity index is 1.81. The van der Waals surface area contributed by atoms with Gasteiger partial charge in [-0.05, 0) is 30.0 Å². The number of hydrogen-bond donors (Lipinski definition) is 2. The van der Waals surface area contributed by atoms with Gasteiger partial charge in [-0.15, -0.1) is 11.3 Å². The van der Waals surface area contributed by atoms with E-state index in [0.717, 1.165) is 11.3 Å². The number of thiophene rings is 1. The van der Waals surface area contributed by atoms with Gasteiger partial charge in [0.2, 0.25) is 0 Å². The van der Waals surface area contributed by atoms with Crippen LogP contribution in [-0.4, -0.2) is 17.1 Å². The van der Waals surface area contributed by atoms with Crippen LogP contribution in [0.4, 0.5) is 0 Å². The third kappa shape index (κ3) is 4.00. The topological polar surface area (TPSA) is 61.7 Å². The molecule has 4 nitrogen and oxygen atoms in total. The number of carbonyl (C=O) groups excluding carboxylic acids is 1. The number of rotatable bonds is 5. The van der Waals surface area contributed by atoms with E-state index in [0.29, 0.717) is 17.6 Å². The Kier molecular flexibility index (Phi) is 5.23. The van der Waals surface area contributed by atoms with E-state index in [1.807, 2.05) is 35.7 Å². The van der Waals surface area contributed by atoms with E-state index < -0.39 is 0 Å². The Morgan fingerprint density at radius 2 is 2.12 bits per heavy atom. The summed E-state index contributed by atoms with van der Waals surface area (Å²) in [5.74, 6) is 0.328. The molecule has 0 aliphatic heterocycles. The van der Waals surface area contributed by atoms with Gasteiger partial charge in [-0.3, -0.25) is 9.79 Å². The van der Waals surface area contributed by atoms with Crippen LogP contribution in [0.1, 0.15) is 29.4 Å². The first kappa shape index (κ1) is 16.2.